The predicted octanol–water partition coefficient (Wildman–Crippen LogP) is 2.75. The number of rotatable bonds is 9. The quantitative estimate of drug-likeness (QED) is 0.577. The Balaban J connectivity index is 3.69. The molecule has 0 amide bonds. The van der Waals surface area contributed by atoms with E-state index in [0.29, 0.717) is 12.1 Å². The number of hydrogen-bond acceptors (Lipinski definition) is 2. The smallest absolute Gasteiger partial charge is 0.0615 e. The number of methoxy groups -OCH3 is 1. The normalized spacial score (nSPS) is 15.1. The minimum atomic E-state index is 0.504. The minimum absolute atomic E-state index is 0.504. The lowest BCUT2D eigenvalue weighted by Crippen LogP contribution is -2.39. The maximum absolute atomic E-state index is 5.18. The van der Waals surface area contributed by atoms with Crippen molar-refractivity contribution < 1.29 is 4.74 Å². The molecule has 0 saturated heterocycles. The van der Waals surface area contributed by atoms with Crippen molar-refractivity contribution in [3.05, 3.63) is 12.7 Å². The molecule has 2 unspecified atom stereocenters. The first-order valence-corrected chi connectivity index (χ1v) is 5.60. The molecule has 0 aliphatic rings. The van der Waals surface area contributed by atoms with Crippen molar-refractivity contribution in [2.75, 3.05) is 13.7 Å². The molecule has 0 aromatic heterocycles. The van der Waals surface area contributed by atoms with Crippen LogP contribution in [0.25, 0.3) is 0 Å². The molecule has 0 aliphatic carbocycles. The second kappa shape index (κ2) is 9.22. The van der Waals surface area contributed by atoms with Crippen LogP contribution in [0.5, 0.6) is 0 Å². The SMILES string of the molecule is C=CCCC(C)NC(CCC)COC. The van der Waals surface area contributed by atoms with Gasteiger partial charge in [-0.3, -0.25) is 0 Å². The lowest BCUT2D eigenvalue weighted by molar-refractivity contribution is 0.156. The van der Waals surface area contributed by atoms with E-state index < -0.39 is 0 Å². The first-order chi connectivity index (χ1) is 6.74. The summed E-state index contributed by atoms with van der Waals surface area (Å²) in [5.74, 6) is 0. The number of hydrogen-bond donors (Lipinski definition) is 1. The maximum atomic E-state index is 5.18. The van der Waals surface area contributed by atoms with Crippen LogP contribution in [0.15, 0.2) is 12.7 Å². The Bertz CT molecular complexity index is 130. The molecule has 14 heavy (non-hydrogen) atoms. The summed E-state index contributed by atoms with van der Waals surface area (Å²) in [6, 6.07) is 1.06. The fourth-order valence-electron chi connectivity index (χ4n) is 1.62. The molecule has 2 nitrogen and oxygen atoms in total. The molecular weight excluding hydrogens is 174 g/mol. The standard InChI is InChI=1S/C12H25NO/c1-5-7-9-11(3)13-12(8-6-2)10-14-4/h5,11-13H,1,6-10H2,2-4H3. The van der Waals surface area contributed by atoms with E-state index in [-0.39, 0.29) is 0 Å². The Morgan fingerprint density at radius 2 is 2.14 bits per heavy atom. The summed E-state index contributed by atoms with van der Waals surface area (Å²) < 4.78 is 5.18. The molecule has 0 aliphatic heterocycles. The van der Waals surface area contributed by atoms with Gasteiger partial charge >= 0.3 is 0 Å². The second-order valence-corrected chi connectivity index (χ2v) is 3.87. The van der Waals surface area contributed by atoms with Crippen LogP contribution in [0.2, 0.25) is 0 Å². The van der Waals surface area contributed by atoms with E-state index in [4.69, 9.17) is 4.74 Å². The molecule has 0 spiro atoms. The Hall–Kier alpha value is -0.340. The lowest BCUT2D eigenvalue weighted by atomic mass is 10.1. The van der Waals surface area contributed by atoms with E-state index in [1.807, 2.05) is 6.08 Å². The monoisotopic (exact) mass is 199 g/mol. The largest absolute Gasteiger partial charge is 0.383 e. The van der Waals surface area contributed by atoms with Crippen LogP contribution in [-0.4, -0.2) is 25.8 Å². The molecule has 0 fully saturated rings. The van der Waals surface area contributed by atoms with E-state index >= 15 is 0 Å². The van der Waals surface area contributed by atoms with Gasteiger partial charge in [0, 0.05) is 19.2 Å². The van der Waals surface area contributed by atoms with Gasteiger partial charge in [-0.15, -0.1) is 6.58 Å². The third-order valence-corrected chi connectivity index (χ3v) is 2.33. The van der Waals surface area contributed by atoms with E-state index in [1.165, 1.54) is 12.8 Å². The van der Waals surface area contributed by atoms with Gasteiger partial charge in [-0.25, -0.2) is 0 Å². The fraction of sp³-hybridized carbons (Fsp3) is 0.833. The van der Waals surface area contributed by atoms with E-state index in [0.717, 1.165) is 19.4 Å². The van der Waals surface area contributed by atoms with Gasteiger partial charge in [-0.05, 0) is 26.2 Å². The van der Waals surface area contributed by atoms with Crippen molar-refractivity contribution >= 4 is 0 Å². The number of nitrogens with one attached hydrogen (secondary N) is 1. The lowest BCUT2D eigenvalue weighted by Gasteiger charge is -2.22. The highest BCUT2D eigenvalue weighted by molar-refractivity contribution is 4.75. The third-order valence-electron chi connectivity index (χ3n) is 2.33. The van der Waals surface area contributed by atoms with Gasteiger partial charge in [0.1, 0.15) is 0 Å². The first-order valence-electron chi connectivity index (χ1n) is 5.60. The zero-order chi connectivity index (χ0) is 10.8. The van der Waals surface area contributed by atoms with Gasteiger partial charge in [0.15, 0.2) is 0 Å². The van der Waals surface area contributed by atoms with Crippen LogP contribution in [0.3, 0.4) is 0 Å². The molecule has 0 aromatic rings. The molecule has 0 rings (SSSR count). The van der Waals surface area contributed by atoms with Gasteiger partial charge in [0.25, 0.3) is 0 Å². The molecule has 0 bridgehead atoms. The molecular formula is C12H25NO. The van der Waals surface area contributed by atoms with Crippen molar-refractivity contribution in [1.29, 1.82) is 0 Å². The average molecular weight is 199 g/mol. The summed E-state index contributed by atoms with van der Waals surface area (Å²) >= 11 is 0. The molecule has 2 atom stereocenters. The molecule has 0 saturated carbocycles. The molecule has 1 N–H and O–H groups in total. The number of ether oxygens (including phenoxy) is 1. The zero-order valence-corrected chi connectivity index (χ0v) is 9.88. The molecule has 0 radical (unpaired) electrons. The summed E-state index contributed by atoms with van der Waals surface area (Å²) in [6.07, 6.45) is 6.61. The predicted molar refractivity (Wildman–Crippen MR) is 62.6 cm³/mol. The van der Waals surface area contributed by atoms with Gasteiger partial charge in [-0.2, -0.15) is 0 Å². The molecule has 84 valence electrons. The van der Waals surface area contributed by atoms with Crippen molar-refractivity contribution in [1.82, 2.24) is 5.32 Å². The topological polar surface area (TPSA) is 21.3 Å². The van der Waals surface area contributed by atoms with Crippen LogP contribution in [0.1, 0.15) is 39.5 Å². The van der Waals surface area contributed by atoms with E-state index in [1.54, 1.807) is 7.11 Å². The highest BCUT2D eigenvalue weighted by Crippen LogP contribution is 2.03. The Morgan fingerprint density at radius 1 is 1.43 bits per heavy atom. The van der Waals surface area contributed by atoms with Crippen molar-refractivity contribution in [3.8, 4) is 0 Å². The molecule has 0 heterocycles. The van der Waals surface area contributed by atoms with Crippen molar-refractivity contribution in [2.24, 2.45) is 0 Å². The molecule has 2 heteroatoms. The third kappa shape index (κ3) is 7.10. The second-order valence-electron chi connectivity index (χ2n) is 3.87. The Labute approximate surface area is 88.7 Å². The van der Waals surface area contributed by atoms with E-state index in [9.17, 15) is 0 Å². The van der Waals surface area contributed by atoms with Crippen LogP contribution >= 0.6 is 0 Å². The minimum Gasteiger partial charge on any atom is -0.383 e. The average Bonchev–Trinajstić information content (AvgIpc) is 2.15. The first kappa shape index (κ1) is 13.7. The van der Waals surface area contributed by atoms with Crippen molar-refractivity contribution in [2.45, 2.75) is 51.6 Å². The molecule has 0 aromatic carbocycles. The van der Waals surface area contributed by atoms with Crippen LogP contribution < -0.4 is 5.32 Å². The number of allylic oxidation sites excluding steroid dienone is 1. The van der Waals surface area contributed by atoms with Gasteiger partial charge in [0.05, 0.1) is 6.61 Å². The highest BCUT2D eigenvalue weighted by atomic mass is 16.5. The van der Waals surface area contributed by atoms with Crippen molar-refractivity contribution in [3.63, 3.8) is 0 Å². The van der Waals surface area contributed by atoms with Crippen LogP contribution in [0, 0.1) is 0 Å². The highest BCUT2D eigenvalue weighted by Gasteiger charge is 2.09. The zero-order valence-electron chi connectivity index (χ0n) is 9.88. The maximum Gasteiger partial charge on any atom is 0.0615 e. The summed E-state index contributed by atoms with van der Waals surface area (Å²) in [5, 5.41) is 3.58. The van der Waals surface area contributed by atoms with E-state index in [2.05, 4.69) is 25.7 Å². The fourth-order valence-corrected chi connectivity index (χ4v) is 1.62. The van der Waals surface area contributed by atoms with Gasteiger partial charge < -0.3 is 10.1 Å². The Kier molecular flexibility index (Phi) is 9.00. The summed E-state index contributed by atoms with van der Waals surface area (Å²) in [4.78, 5) is 0. The van der Waals surface area contributed by atoms with Crippen LogP contribution in [-0.2, 0) is 4.74 Å². The summed E-state index contributed by atoms with van der Waals surface area (Å²) in [6.45, 7) is 8.97. The Morgan fingerprint density at radius 3 is 2.64 bits per heavy atom. The van der Waals surface area contributed by atoms with Gasteiger partial charge in [-0.1, -0.05) is 19.4 Å². The van der Waals surface area contributed by atoms with Gasteiger partial charge in [0.2, 0.25) is 0 Å². The van der Waals surface area contributed by atoms with Crippen LogP contribution in [0.4, 0.5) is 0 Å². The summed E-state index contributed by atoms with van der Waals surface area (Å²) in [7, 11) is 1.76. The summed E-state index contributed by atoms with van der Waals surface area (Å²) in [5.41, 5.74) is 0.